The molecule has 23 heavy (non-hydrogen) atoms. The van der Waals surface area contributed by atoms with E-state index in [1.54, 1.807) is 6.07 Å². The van der Waals surface area contributed by atoms with Gasteiger partial charge in [0.25, 0.3) is 5.91 Å². The Morgan fingerprint density at radius 1 is 1.22 bits per heavy atom. The molecular formula is C16H15N5OS. The van der Waals surface area contributed by atoms with Crippen molar-refractivity contribution in [3.05, 3.63) is 58.7 Å². The van der Waals surface area contributed by atoms with Crippen LogP contribution in [0.3, 0.4) is 0 Å². The highest BCUT2D eigenvalue weighted by Gasteiger charge is 2.13. The summed E-state index contributed by atoms with van der Waals surface area (Å²) in [5.74, 6) is -0.238. The Bertz CT molecular complexity index is 831. The summed E-state index contributed by atoms with van der Waals surface area (Å²) in [7, 11) is 0. The van der Waals surface area contributed by atoms with Crippen LogP contribution in [0.4, 0.5) is 5.95 Å². The summed E-state index contributed by atoms with van der Waals surface area (Å²) in [5.41, 5.74) is 8.42. The summed E-state index contributed by atoms with van der Waals surface area (Å²) < 4.78 is 0. The standard InChI is InChI=1S/C16H15N5OS/c1-10-9-23-15(19-10)13-7-12(20-16(17)21-13)14(22)18-8-11-5-3-2-4-6-11/h2-7,9H,8H2,1H3,(H,18,22)(H2,17,20,21). The van der Waals surface area contributed by atoms with Crippen LogP contribution in [0.5, 0.6) is 0 Å². The van der Waals surface area contributed by atoms with E-state index in [9.17, 15) is 4.79 Å². The second-order valence-corrected chi connectivity index (χ2v) is 5.82. The smallest absolute Gasteiger partial charge is 0.270 e. The van der Waals surface area contributed by atoms with Crippen LogP contribution < -0.4 is 11.1 Å². The van der Waals surface area contributed by atoms with Crippen LogP contribution >= 0.6 is 11.3 Å². The lowest BCUT2D eigenvalue weighted by Gasteiger charge is -2.06. The summed E-state index contributed by atoms with van der Waals surface area (Å²) in [6, 6.07) is 11.3. The molecule has 6 nitrogen and oxygen atoms in total. The number of carbonyl (C=O) groups is 1. The number of hydrogen-bond donors (Lipinski definition) is 2. The number of hydrogen-bond acceptors (Lipinski definition) is 6. The van der Waals surface area contributed by atoms with Gasteiger partial charge in [0.2, 0.25) is 5.95 Å². The third kappa shape index (κ3) is 3.70. The van der Waals surface area contributed by atoms with Crippen molar-refractivity contribution in [2.45, 2.75) is 13.5 Å². The zero-order valence-electron chi connectivity index (χ0n) is 12.5. The van der Waals surface area contributed by atoms with Gasteiger partial charge in [-0.3, -0.25) is 4.79 Å². The lowest BCUT2D eigenvalue weighted by Crippen LogP contribution is -2.24. The number of nitrogens with one attached hydrogen (secondary N) is 1. The Morgan fingerprint density at radius 3 is 2.70 bits per heavy atom. The minimum absolute atomic E-state index is 0.0558. The van der Waals surface area contributed by atoms with Gasteiger partial charge in [-0.05, 0) is 18.6 Å². The van der Waals surface area contributed by atoms with Crippen molar-refractivity contribution >= 4 is 23.2 Å². The molecule has 3 aromatic rings. The maximum Gasteiger partial charge on any atom is 0.270 e. The average molecular weight is 325 g/mol. The fraction of sp³-hybridized carbons (Fsp3) is 0.125. The van der Waals surface area contributed by atoms with E-state index in [1.165, 1.54) is 11.3 Å². The molecule has 0 radical (unpaired) electrons. The number of anilines is 1. The molecule has 2 heterocycles. The van der Waals surface area contributed by atoms with Crippen LogP contribution in [0.25, 0.3) is 10.7 Å². The fourth-order valence-corrected chi connectivity index (χ4v) is 2.79. The Kier molecular flexibility index (Phi) is 4.29. The Morgan fingerprint density at radius 2 is 2.00 bits per heavy atom. The number of nitrogens with two attached hydrogens (primary N) is 1. The first kappa shape index (κ1) is 15.1. The Labute approximate surface area is 137 Å². The summed E-state index contributed by atoms with van der Waals surface area (Å²) >= 11 is 1.45. The van der Waals surface area contributed by atoms with Crippen LogP contribution in [0.2, 0.25) is 0 Å². The topological polar surface area (TPSA) is 93.8 Å². The van der Waals surface area contributed by atoms with Gasteiger partial charge in [0.1, 0.15) is 16.4 Å². The second kappa shape index (κ2) is 6.53. The molecule has 2 aromatic heterocycles. The van der Waals surface area contributed by atoms with Crippen molar-refractivity contribution in [1.29, 1.82) is 0 Å². The molecule has 0 bridgehead atoms. The lowest BCUT2D eigenvalue weighted by molar-refractivity contribution is 0.0946. The molecule has 0 saturated carbocycles. The molecule has 3 N–H and O–H groups in total. The highest BCUT2D eigenvalue weighted by molar-refractivity contribution is 7.13. The maximum absolute atomic E-state index is 12.3. The maximum atomic E-state index is 12.3. The van der Waals surface area contributed by atoms with Crippen LogP contribution in [0.1, 0.15) is 21.7 Å². The first-order chi connectivity index (χ1) is 11.1. The number of amides is 1. The molecule has 0 aliphatic carbocycles. The first-order valence-electron chi connectivity index (χ1n) is 7.01. The third-order valence-electron chi connectivity index (χ3n) is 3.11. The molecule has 0 saturated heterocycles. The molecule has 0 unspecified atom stereocenters. The Hall–Kier alpha value is -2.80. The van der Waals surface area contributed by atoms with E-state index < -0.39 is 0 Å². The molecule has 0 aliphatic rings. The average Bonchev–Trinajstić information content (AvgIpc) is 2.99. The number of carbonyl (C=O) groups excluding carboxylic acids is 1. The molecule has 0 spiro atoms. The van der Waals surface area contributed by atoms with Gasteiger partial charge in [0, 0.05) is 17.6 Å². The zero-order valence-corrected chi connectivity index (χ0v) is 13.3. The van der Waals surface area contributed by atoms with Crippen LogP contribution in [-0.2, 0) is 6.54 Å². The van der Waals surface area contributed by atoms with Crippen molar-refractivity contribution in [3.63, 3.8) is 0 Å². The van der Waals surface area contributed by atoms with E-state index in [0.29, 0.717) is 17.2 Å². The predicted octanol–water partition coefficient (Wildman–Crippen LogP) is 2.42. The second-order valence-electron chi connectivity index (χ2n) is 4.96. The predicted molar refractivity (Wildman–Crippen MR) is 89.9 cm³/mol. The van der Waals surface area contributed by atoms with E-state index in [1.807, 2.05) is 42.6 Å². The summed E-state index contributed by atoms with van der Waals surface area (Å²) in [4.78, 5) is 24.8. The van der Waals surface area contributed by atoms with E-state index in [2.05, 4.69) is 20.3 Å². The fourth-order valence-electron chi connectivity index (χ4n) is 2.03. The van der Waals surface area contributed by atoms with Crippen molar-refractivity contribution in [1.82, 2.24) is 20.3 Å². The van der Waals surface area contributed by atoms with Gasteiger partial charge >= 0.3 is 0 Å². The van der Waals surface area contributed by atoms with E-state index in [4.69, 9.17) is 5.73 Å². The van der Waals surface area contributed by atoms with Crippen LogP contribution in [-0.4, -0.2) is 20.9 Å². The zero-order chi connectivity index (χ0) is 16.2. The van der Waals surface area contributed by atoms with Crippen molar-refractivity contribution < 1.29 is 4.79 Å². The number of aryl methyl sites for hydroxylation is 1. The third-order valence-corrected chi connectivity index (χ3v) is 4.09. The van der Waals surface area contributed by atoms with E-state index >= 15 is 0 Å². The van der Waals surface area contributed by atoms with Gasteiger partial charge in [-0.1, -0.05) is 30.3 Å². The van der Waals surface area contributed by atoms with Gasteiger partial charge < -0.3 is 11.1 Å². The summed E-state index contributed by atoms with van der Waals surface area (Å²) in [6.45, 7) is 2.33. The molecule has 7 heteroatoms. The number of aromatic nitrogens is 3. The molecule has 0 aliphatic heterocycles. The molecule has 3 rings (SSSR count). The van der Waals surface area contributed by atoms with Gasteiger partial charge in [0.15, 0.2) is 0 Å². The molecule has 0 fully saturated rings. The van der Waals surface area contributed by atoms with Gasteiger partial charge in [-0.25, -0.2) is 15.0 Å². The number of rotatable bonds is 4. The molecule has 0 atom stereocenters. The number of nitrogen functional groups attached to an aromatic ring is 1. The number of thiazole rings is 1. The SMILES string of the molecule is Cc1csc(-c2cc(C(=O)NCc3ccccc3)nc(N)n2)n1. The number of nitrogens with zero attached hydrogens (tertiary/aromatic N) is 3. The Balaban J connectivity index is 1.79. The van der Waals surface area contributed by atoms with Gasteiger partial charge in [-0.2, -0.15) is 0 Å². The quantitative estimate of drug-likeness (QED) is 0.768. The molecular weight excluding hydrogens is 310 g/mol. The lowest BCUT2D eigenvalue weighted by atomic mass is 10.2. The monoisotopic (exact) mass is 325 g/mol. The van der Waals surface area contributed by atoms with Crippen LogP contribution in [0, 0.1) is 6.92 Å². The van der Waals surface area contributed by atoms with Crippen molar-refractivity contribution in [2.75, 3.05) is 5.73 Å². The minimum Gasteiger partial charge on any atom is -0.368 e. The minimum atomic E-state index is -0.294. The highest BCUT2D eigenvalue weighted by atomic mass is 32.1. The normalized spacial score (nSPS) is 10.5. The molecule has 1 aromatic carbocycles. The summed E-state index contributed by atoms with van der Waals surface area (Å²) in [5, 5.41) is 5.46. The van der Waals surface area contributed by atoms with Crippen LogP contribution in [0.15, 0.2) is 41.8 Å². The van der Waals surface area contributed by atoms with Crippen molar-refractivity contribution in [3.8, 4) is 10.7 Å². The largest absolute Gasteiger partial charge is 0.368 e. The van der Waals surface area contributed by atoms with E-state index in [0.717, 1.165) is 11.3 Å². The van der Waals surface area contributed by atoms with Gasteiger partial charge in [-0.15, -0.1) is 11.3 Å². The number of benzene rings is 1. The summed E-state index contributed by atoms with van der Waals surface area (Å²) in [6.07, 6.45) is 0. The molecule has 1 amide bonds. The molecule has 116 valence electrons. The van der Waals surface area contributed by atoms with E-state index in [-0.39, 0.29) is 17.5 Å². The first-order valence-corrected chi connectivity index (χ1v) is 7.89. The highest BCUT2D eigenvalue weighted by Crippen LogP contribution is 2.22. The van der Waals surface area contributed by atoms with Gasteiger partial charge in [0.05, 0.1) is 0 Å². The van der Waals surface area contributed by atoms with Crippen molar-refractivity contribution in [2.24, 2.45) is 0 Å².